The number of aromatic nitrogens is 4. The molecule has 0 aliphatic heterocycles. The Morgan fingerprint density at radius 3 is 3.00 bits per heavy atom. The van der Waals surface area contributed by atoms with Crippen LogP contribution in [0.2, 0.25) is 5.02 Å². The Labute approximate surface area is 110 Å². The van der Waals surface area contributed by atoms with Crippen LogP contribution in [0.25, 0.3) is 0 Å². The Morgan fingerprint density at radius 2 is 2.33 bits per heavy atom. The molecule has 96 valence electrons. The average molecular weight is 268 g/mol. The van der Waals surface area contributed by atoms with Gasteiger partial charge < -0.3 is 10.1 Å². The summed E-state index contributed by atoms with van der Waals surface area (Å²) < 4.78 is 5.50. The Hall–Kier alpha value is -1.82. The van der Waals surface area contributed by atoms with Crippen molar-refractivity contribution in [3.63, 3.8) is 0 Å². The summed E-state index contributed by atoms with van der Waals surface area (Å²) in [5, 5.41) is 17.0. The summed E-state index contributed by atoms with van der Waals surface area (Å²) in [6.07, 6.45) is 0.956. The van der Waals surface area contributed by atoms with E-state index in [4.69, 9.17) is 16.3 Å². The molecule has 0 saturated carbocycles. The Kier molecular flexibility index (Phi) is 4.35. The molecule has 0 saturated heterocycles. The SMILES string of the molecule is CCCOc1ccc(CNc2nn[nH]n2)cc1Cl. The lowest BCUT2D eigenvalue weighted by Crippen LogP contribution is -2.02. The van der Waals surface area contributed by atoms with Crippen molar-refractivity contribution < 1.29 is 4.74 Å². The molecule has 18 heavy (non-hydrogen) atoms. The molecule has 0 bridgehead atoms. The zero-order valence-corrected chi connectivity index (χ0v) is 10.7. The molecule has 2 rings (SSSR count). The number of benzene rings is 1. The standard InChI is InChI=1S/C11H14ClN5O/c1-2-5-18-10-4-3-8(6-9(10)12)7-13-11-14-16-17-15-11/h3-4,6H,2,5,7H2,1H3,(H2,13,14,15,16,17). The molecule has 1 aromatic carbocycles. The lowest BCUT2D eigenvalue weighted by atomic mass is 10.2. The third-order valence-corrected chi connectivity index (χ3v) is 2.55. The summed E-state index contributed by atoms with van der Waals surface area (Å²) in [6, 6.07) is 5.68. The normalized spacial score (nSPS) is 10.3. The average Bonchev–Trinajstić information content (AvgIpc) is 2.88. The van der Waals surface area contributed by atoms with Crippen molar-refractivity contribution in [1.29, 1.82) is 0 Å². The van der Waals surface area contributed by atoms with Gasteiger partial charge in [-0.3, -0.25) is 0 Å². The van der Waals surface area contributed by atoms with Crippen LogP contribution >= 0.6 is 11.6 Å². The van der Waals surface area contributed by atoms with Gasteiger partial charge >= 0.3 is 0 Å². The summed E-state index contributed by atoms with van der Waals surface area (Å²) in [7, 11) is 0. The molecule has 6 nitrogen and oxygen atoms in total. The number of nitrogens with zero attached hydrogens (tertiary/aromatic N) is 3. The highest BCUT2D eigenvalue weighted by atomic mass is 35.5. The van der Waals surface area contributed by atoms with E-state index in [0.717, 1.165) is 12.0 Å². The number of tetrazole rings is 1. The highest BCUT2D eigenvalue weighted by Crippen LogP contribution is 2.25. The topological polar surface area (TPSA) is 75.7 Å². The lowest BCUT2D eigenvalue weighted by molar-refractivity contribution is 0.317. The van der Waals surface area contributed by atoms with Crippen molar-refractivity contribution in [1.82, 2.24) is 20.6 Å². The minimum Gasteiger partial charge on any atom is -0.492 e. The second-order valence-corrected chi connectivity index (χ2v) is 4.11. The molecule has 2 aromatic rings. The number of rotatable bonds is 6. The van der Waals surface area contributed by atoms with Gasteiger partial charge in [0.05, 0.1) is 11.6 Å². The van der Waals surface area contributed by atoms with E-state index in [1.54, 1.807) is 0 Å². The summed E-state index contributed by atoms with van der Waals surface area (Å²) in [5.74, 6) is 1.17. The second-order valence-electron chi connectivity index (χ2n) is 3.70. The first-order valence-electron chi connectivity index (χ1n) is 5.68. The third-order valence-electron chi connectivity index (χ3n) is 2.25. The van der Waals surface area contributed by atoms with Crippen LogP contribution < -0.4 is 10.1 Å². The quantitative estimate of drug-likeness (QED) is 0.840. The maximum Gasteiger partial charge on any atom is 0.263 e. The van der Waals surface area contributed by atoms with Gasteiger partial charge in [-0.05, 0) is 29.3 Å². The summed E-state index contributed by atoms with van der Waals surface area (Å²) in [4.78, 5) is 0. The predicted molar refractivity (Wildman–Crippen MR) is 68.7 cm³/mol. The van der Waals surface area contributed by atoms with Gasteiger partial charge in [0.2, 0.25) is 0 Å². The maximum absolute atomic E-state index is 6.12. The van der Waals surface area contributed by atoms with Gasteiger partial charge in [-0.2, -0.15) is 5.21 Å². The number of H-pyrrole nitrogens is 1. The van der Waals surface area contributed by atoms with E-state index in [2.05, 4.69) is 32.9 Å². The molecule has 7 heteroatoms. The summed E-state index contributed by atoms with van der Waals surface area (Å²) in [5.41, 5.74) is 1.02. The second kappa shape index (κ2) is 6.20. The molecule has 1 heterocycles. The van der Waals surface area contributed by atoms with E-state index >= 15 is 0 Å². The van der Waals surface area contributed by atoms with Crippen molar-refractivity contribution in [2.24, 2.45) is 0 Å². The number of aromatic amines is 1. The van der Waals surface area contributed by atoms with Crippen LogP contribution in [0.5, 0.6) is 5.75 Å². The number of nitrogens with one attached hydrogen (secondary N) is 2. The van der Waals surface area contributed by atoms with E-state index in [9.17, 15) is 0 Å². The first kappa shape index (κ1) is 12.6. The highest BCUT2D eigenvalue weighted by molar-refractivity contribution is 6.32. The molecule has 0 atom stereocenters. The molecule has 2 N–H and O–H groups in total. The Morgan fingerprint density at radius 1 is 1.44 bits per heavy atom. The van der Waals surface area contributed by atoms with Crippen molar-refractivity contribution in [3.8, 4) is 5.75 Å². The number of halogens is 1. The van der Waals surface area contributed by atoms with Gasteiger partial charge in [-0.1, -0.05) is 29.7 Å². The van der Waals surface area contributed by atoms with Crippen molar-refractivity contribution in [2.75, 3.05) is 11.9 Å². The third kappa shape index (κ3) is 3.33. The Balaban J connectivity index is 1.95. The zero-order chi connectivity index (χ0) is 12.8. The van der Waals surface area contributed by atoms with E-state index < -0.39 is 0 Å². The van der Waals surface area contributed by atoms with Crippen LogP contribution in [0.15, 0.2) is 18.2 Å². The highest BCUT2D eigenvalue weighted by Gasteiger charge is 2.04. The fourth-order valence-electron chi connectivity index (χ4n) is 1.40. The fraction of sp³-hybridized carbons (Fsp3) is 0.364. The molecule has 0 unspecified atom stereocenters. The fourth-order valence-corrected chi connectivity index (χ4v) is 1.66. The summed E-state index contributed by atoms with van der Waals surface area (Å²) in [6.45, 7) is 3.30. The number of ether oxygens (including phenoxy) is 1. The van der Waals surface area contributed by atoms with Gasteiger partial charge in [0.15, 0.2) is 0 Å². The minimum atomic E-state index is 0.456. The maximum atomic E-state index is 6.12. The number of hydrogen-bond acceptors (Lipinski definition) is 5. The molecule has 0 radical (unpaired) electrons. The lowest BCUT2D eigenvalue weighted by Gasteiger charge is -2.08. The monoisotopic (exact) mass is 267 g/mol. The molecule has 0 aliphatic rings. The van der Waals surface area contributed by atoms with Crippen molar-refractivity contribution in [3.05, 3.63) is 28.8 Å². The largest absolute Gasteiger partial charge is 0.492 e. The first-order chi connectivity index (χ1) is 8.79. The van der Waals surface area contributed by atoms with Gasteiger partial charge in [0, 0.05) is 6.54 Å². The van der Waals surface area contributed by atoms with Gasteiger partial charge in [0.25, 0.3) is 5.95 Å². The molecular weight excluding hydrogens is 254 g/mol. The smallest absolute Gasteiger partial charge is 0.263 e. The van der Waals surface area contributed by atoms with Gasteiger partial charge in [0.1, 0.15) is 5.75 Å². The molecule has 0 aliphatic carbocycles. The van der Waals surface area contributed by atoms with Crippen LogP contribution in [-0.2, 0) is 6.54 Å². The van der Waals surface area contributed by atoms with E-state index in [1.807, 2.05) is 18.2 Å². The van der Waals surface area contributed by atoms with Crippen LogP contribution in [0, 0.1) is 0 Å². The van der Waals surface area contributed by atoms with E-state index in [-0.39, 0.29) is 0 Å². The number of anilines is 1. The molecule has 0 spiro atoms. The Bertz CT molecular complexity index is 488. The summed E-state index contributed by atoms with van der Waals surface area (Å²) >= 11 is 6.12. The van der Waals surface area contributed by atoms with Gasteiger partial charge in [-0.15, -0.1) is 5.10 Å². The van der Waals surface area contributed by atoms with Crippen LogP contribution in [0.3, 0.4) is 0 Å². The van der Waals surface area contributed by atoms with Crippen LogP contribution in [0.1, 0.15) is 18.9 Å². The van der Waals surface area contributed by atoms with Crippen LogP contribution in [-0.4, -0.2) is 27.2 Å². The molecule has 1 aromatic heterocycles. The first-order valence-corrected chi connectivity index (χ1v) is 6.06. The molecule has 0 fully saturated rings. The van der Waals surface area contributed by atoms with E-state index in [0.29, 0.717) is 29.9 Å². The van der Waals surface area contributed by atoms with Gasteiger partial charge in [-0.25, -0.2) is 0 Å². The van der Waals surface area contributed by atoms with Crippen LogP contribution in [0.4, 0.5) is 5.95 Å². The molecular formula is C11H14ClN5O. The van der Waals surface area contributed by atoms with Crippen molar-refractivity contribution in [2.45, 2.75) is 19.9 Å². The predicted octanol–water partition coefficient (Wildman–Crippen LogP) is 2.25. The molecule has 0 amide bonds. The minimum absolute atomic E-state index is 0.456. The zero-order valence-electron chi connectivity index (χ0n) is 9.98. The van der Waals surface area contributed by atoms with E-state index in [1.165, 1.54) is 0 Å². The number of hydrogen-bond donors (Lipinski definition) is 2. The van der Waals surface area contributed by atoms with Crippen molar-refractivity contribution >= 4 is 17.5 Å².